The van der Waals surface area contributed by atoms with Crippen LogP contribution in [0.3, 0.4) is 0 Å². The minimum atomic E-state index is -0.448. The number of ether oxygens (including phenoxy) is 3. The highest BCUT2D eigenvalue weighted by Gasteiger charge is 2.28. The van der Waals surface area contributed by atoms with Crippen LogP contribution in [0.25, 0.3) is 11.3 Å². The molecule has 1 aliphatic carbocycles. The molecule has 0 radical (unpaired) electrons. The Hall–Kier alpha value is -2.79. The van der Waals surface area contributed by atoms with Gasteiger partial charge in [0.15, 0.2) is 0 Å². The number of esters is 1. The third-order valence-electron chi connectivity index (χ3n) is 4.92. The van der Waals surface area contributed by atoms with Crippen molar-refractivity contribution in [3.8, 4) is 5.75 Å². The van der Waals surface area contributed by atoms with E-state index >= 15 is 0 Å². The second-order valence-corrected chi connectivity index (χ2v) is 7.48. The lowest BCUT2D eigenvalue weighted by molar-refractivity contribution is -0.135. The maximum absolute atomic E-state index is 11.8. The van der Waals surface area contributed by atoms with Crippen LogP contribution in [-0.2, 0) is 20.7 Å². The first-order chi connectivity index (χ1) is 13.6. The first kappa shape index (κ1) is 18.6. The van der Waals surface area contributed by atoms with Gasteiger partial charge in [-0.25, -0.2) is 4.79 Å². The Balaban J connectivity index is 1.86. The molecular weight excluding hydrogens is 420 g/mol. The minimum absolute atomic E-state index is 0.448. The van der Waals surface area contributed by atoms with E-state index in [1.807, 2.05) is 36.4 Å². The number of fused-ring (bicyclic) bond motifs is 2. The molecule has 2 aromatic rings. The molecule has 4 rings (SSSR count). The highest BCUT2D eigenvalue weighted by Crippen LogP contribution is 2.44. The minimum Gasteiger partial charge on any atom is -0.497 e. The number of aryl methyl sites for hydroxylation is 1. The monoisotopic (exact) mass is 438 g/mol. The van der Waals surface area contributed by atoms with Gasteiger partial charge in [-0.05, 0) is 65.9 Å². The summed E-state index contributed by atoms with van der Waals surface area (Å²) in [6, 6.07) is 14.1. The molecule has 0 saturated heterocycles. The fourth-order valence-electron chi connectivity index (χ4n) is 3.54. The standard InChI is InChI=1S/C23H19BrO4/c1-26-17-8-10-19-15(11-17)5-9-20-21(14-3-6-16(24)7-4-14)12-18(28-23(19)20)13-22(25)27-2/h3-4,6-8,10-13H,5,9H2,1-2H3/b18-13+. The highest BCUT2D eigenvalue weighted by molar-refractivity contribution is 9.10. The number of hydrogen-bond donors (Lipinski definition) is 0. The second kappa shape index (κ2) is 7.68. The topological polar surface area (TPSA) is 44.8 Å². The molecule has 5 heteroatoms. The summed E-state index contributed by atoms with van der Waals surface area (Å²) in [7, 11) is 3.02. The predicted molar refractivity (Wildman–Crippen MR) is 112 cm³/mol. The molecular formula is C23H19BrO4. The summed E-state index contributed by atoms with van der Waals surface area (Å²) in [6.07, 6.45) is 5.04. The van der Waals surface area contributed by atoms with Crippen molar-refractivity contribution < 1.29 is 19.0 Å². The molecule has 0 bridgehead atoms. The third-order valence-corrected chi connectivity index (χ3v) is 5.45. The van der Waals surface area contributed by atoms with E-state index in [1.54, 1.807) is 7.11 Å². The van der Waals surface area contributed by atoms with E-state index < -0.39 is 5.97 Å². The number of allylic oxidation sites excluding steroid dienone is 3. The van der Waals surface area contributed by atoms with Gasteiger partial charge in [-0.1, -0.05) is 28.1 Å². The molecule has 28 heavy (non-hydrogen) atoms. The van der Waals surface area contributed by atoms with E-state index in [0.717, 1.165) is 51.1 Å². The number of halogens is 1. The zero-order valence-electron chi connectivity index (χ0n) is 15.6. The van der Waals surface area contributed by atoms with Gasteiger partial charge in [0.25, 0.3) is 0 Å². The summed E-state index contributed by atoms with van der Waals surface area (Å²) in [6.45, 7) is 0. The van der Waals surface area contributed by atoms with Crippen LogP contribution in [0.1, 0.15) is 23.1 Å². The summed E-state index contributed by atoms with van der Waals surface area (Å²) >= 11 is 3.49. The van der Waals surface area contributed by atoms with Gasteiger partial charge in [0.1, 0.15) is 17.3 Å². The van der Waals surface area contributed by atoms with Crippen molar-refractivity contribution >= 4 is 33.2 Å². The SMILES string of the molecule is COC(=O)/C=C1\C=C(c2ccc(Br)cc2)C2=C(O1)c1ccc(OC)cc1CC2. The number of rotatable bonds is 3. The number of methoxy groups -OCH3 is 2. The summed E-state index contributed by atoms with van der Waals surface area (Å²) in [5, 5.41) is 0. The van der Waals surface area contributed by atoms with E-state index in [-0.39, 0.29) is 0 Å². The molecule has 0 atom stereocenters. The van der Waals surface area contributed by atoms with Crippen molar-refractivity contribution in [2.75, 3.05) is 14.2 Å². The number of carbonyl (C=O) groups is 1. The number of benzene rings is 2. The third kappa shape index (κ3) is 3.50. The van der Waals surface area contributed by atoms with Crippen molar-refractivity contribution in [1.29, 1.82) is 0 Å². The number of hydrogen-bond acceptors (Lipinski definition) is 4. The molecule has 1 heterocycles. The van der Waals surface area contributed by atoms with E-state index in [9.17, 15) is 4.79 Å². The highest BCUT2D eigenvalue weighted by atomic mass is 79.9. The van der Waals surface area contributed by atoms with E-state index in [1.165, 1.54) is 18.7 Å². The largest absolute Gasteiger partial charge is 0.497 e. The number of carbonyl (C=O) groups excluding carboxylic acids is 1. The lowest BCUT2D eigenvalue weighted by atomic mass is 9.83. The van der Waals surface area contributed by atoms with Crippen molar-refractivity contribution in [2.24, 2.45) is 0 Å². The van der Waals surface area contributed by atoms with Gasteiger partial charge < -0.3 is 14.2 Å². The first-order valence-corrected chi connectivity index (χ1v) is 9.74. The Kier molecular flexibility index (Phi) is 5.09. The van der Waals surface area contributed by atoms with Crippen LogP contribution >= 0.6 is 15.9 Å². The maximum atomic E-state index is 11.8. The molecule has 0 unspecified atom stereocenters. The molecule has 4 nitrogen and oxygen atoms in total. The van der Waals surface area contributed by atoms with Crippen molar-refractivity contribution in [2.45, 2.75) is 12.8 Å². The Morgan fingerprint density at radius 1 is 1.11 bits per heavy atom. The molecule has 0 aromatic heterocycles. The zero-order valence-corrected chi connectivity index (χ0v) is 17.2. The summed E-state index contributed by atoms with van der Waals surface area (Å²) < 4.78 is 17.3. The summed E-state index contributed by atoms with van der Waals surface area (Å²) in [5.41, 5.74) is 5.48. The van der Waals surface area contributed by atoms with Gasteiger partial charge in [-0.15, -0.1) is 0 Å². The van der Waals surface area contributed by atoms with Gasteiger partial charge in [-0.3, -0.25) is 0 Å². The Morgan fingerprint density at radius 3 is 2.61 bits per heavy atom. The van der Waals surface area contributed by atoms with Crippen molar-refractivity contribution in [3.63, 3.8) is 0 Å². The van der Waals surface area contributed by atoms with E-state index in [0.29, 0.717) is 5.76 Å². The normalized spacial score (nSPS) is 16.7. The van der Waals surface area contributed by atoms with Crippen molar-refractivity contribution in [3.05, 3.63) is 87.1 Å². The van der Waals surface area contributed by atoms with Gasteiger partial charge >= 0.3 is 5.97 Å². The van der Waals surface area contributed by atoms with Gasteiger partial charge in [0, 0.05) is 15.6 Å². The molecule has 2 aliphatic rings. The first-order valence-electron chi connectivity index (χ1n) is 8.95. The molecule has 0 amide bonds. The average Bonchev–Trinajstić information content (AvgIpc) is 2.73. The molecule has 0 fully saturated rings. The summed E-state index contributed by atoms with van der Waals surface area (Å²) in [4.78, 5) is 11.8. The van der Waals surface area contributed by atoms with Crippen LogP contribution in [0.15, 0.2) is 70.4 Å². The molecule has 1 aliphatic heterocycles. The van der Waals surface area contributed by atoms with Gasteiger partial charge in [-0.2, -0.15) is 0 Å². The lowest BCUT2D eigenvalue weighted by Gasteiger charge is -2.29. The Bertz CT molecular complexity index is 1030. The maximum Gasteiger partial charge on any atom is 0.334 e. The molecule has 0 spiro atoms. The molecule has 0 saturated carbocycles. The fraction of sp³-hybridized carbons (Fsp3) is 0.174. The molecule has 142 valence electrons. The lowest BCUT2D eigenvalue weighted by Crippen LogP contribution is -2.13. The van der Waals surface area contributed by atoms with Gasteiger partial charge in [0.05, 0.1) is 20.3 Å². The second-order valence-electron chi connectivity index (χ2n) is 6.57. The van der Waals surface area contributed by atoms with Gasteiger partial charge in [0.2, 0.25) is 0 Å². The van der Waals surface area contributed by atoms with Crippen LogP contribution in [-0.4, -0.2) is 20.2 Å². The fourth-order valence-corrected chi connectivity index (χ4v) is 3.81. The van der Waals surface area contributed by atoms with Crippen LogP contribution in [0.5, 0.6) is 5.75 Å². The molecule has 2 aromatic carbocycles. The summed E-state index contributed by atoms with van der Waals surface area (Å²) in [5.74, 6) is 1.63. The average molecular weight is 439 g/mol. The van der Waals surface area contributed by atoms with E-state index in [2.05, 4.69) is 28.1 Å². The van der Waals surface area contributed by atoms with Crippen LogP contribution in [0.2, 0.25) is 0 Å². The predicted octanol–water partition coefficient (Wildman–Crippen LogP) is 5.29. The molecule has 0 N–H and O–H groups in total. The quantitative estimate of drug-likeness (QED) is 0.482. The van der Waals surface area contributed by atoms with Crippen LogP contribution in [0.4, 0.5) is 0 Å². The zero-order chi connectivity index (χ0) is 19.7. The Morgan fingerprint density at radius 2 is 1.89 bits per heavy atom. The van der Waals surface area contributed by atoms with Crippen LogP contribution < -0.4 is 4.74 Å². The smallest absolute Gasteiger partial charge is 0.334 e. The Labute approximate surface area is 172 Å². The van der Waals surface area contributed by atoms with Crippen molar-refractivity contribution in [1.82, 2.24) is 0 Å². The van der Waals surface area contributed by atoms with Crippen LogP contribution in [0, 0.1) is 0 Å². The van der Waals surface area contributed by atoms with E-state index in [4.69, 9.17) is 14.2 Å².